The van der Waals surface area contributed by atoms with E-state index >= 15 is 0 Å². The summed E-state index contributed by atoms with van der Waals surface area (Å²) in [5, 5.41) is 12.0. The molecule has 6 heteroatoms. The van der Waals surface area contributed by atoms with Gasteiger partial charge in [-0.05, 0) is 31.8 Å². The third-order valence-electron chi connectivity index (χ3n) is 4.21. The minimum Gasteiger partial charge on any atom is -0.387 e. The molecule has 0 spiro atoms. The van der Waals surface area contributed by atoms with Crippen LogP contribution in [0.25, 0.3) is 0 Å². The van der Waals surface area contributed by atoms with Gasteiger partial charge in [-0.25, -0.2) is 9.67 Å². The molecule has 1 aromatic heterocycles. The Hall–Kier alpha value is -1.43. The van der Waals surface area contributed by atoms with Crippen molar-refractivity contribution in [3.05, 3.63) is 12.2 Å². The van der Waals surface area contributed by atoms with Crippen molar-refractivity contribution in [3.8, 4) is 0 Å². The van der Waals surface area contributed by atoms with E-state index in [1.54, 1.807) is 6.33 Å². The summed E-state index contributed by atoms with van der Waals surface area (Å²) >= 11 is 0. The highest BCUT2D eigenvalue weighted by atomic mass is 15.3. The zero-order chi connectivity index (χ0) is 14.8. The molecule has 0 atom stereocenters. The summed E-state index contributed by atoms with van der Waals surface area (Å²) in [6.07, 6.45) is 3.53. The van der Waals surface area contributed by atoms with Gasteiger partial charge in [0.25, 0.3) is 0 Å². The third-order valence-corrected chi connectivity index (χ3v) is 4.21. The largest absolute Gasteiger partial charge is 0.387 e. The molecule has 0 aromatic carbocycles. The molecular weight excluding hydrogens is 252 g/mol. The average Bonchev–Trinajstić information content (AvgIpc) is 2.79. The van der Waals surface area contributed by atoms with Gasteiger partial charge in [0.1, 0.15) is 12.2 Å². The van der Waals surface area contributed by atoms with Gasteiger partial charge in [-0.1, -0.05) is 20.8 Å². The van der Waals surface area contributed by atoms with Crippen molar-refractivity contribution in [2.24, 2.45) is 17.1 Å². The molecule has 0 aliphatic carbocycles. The van der Waals surface area contributed by atoms with Crippen molar-refractivity contribution in [1.82, 2.24) is 19.7 Å². The van der Waals surface area contributed by atoms with Gasteiger partial charge in [-0.3, -0.25) is 10.3 Å². The number of rotatable bonds is 5. The van der Waals surface area contributed by atoms with Crippen LogP contribution >= 0.6 is 0 Å². The minimum absolute atomic E-state index is 0.123. The third kappa shape index (κ3) is 3.36. The maximum atomic E-state index is 7.69. The van der Waals surface area contributed by atoms with Gasteiger partial charge in [0.2, 0.25) is 0 Å². The van der Waals surface area contributed by atoms with Crippen LogP contribution in [0.1, 0.15) is 39.4 Å². The van der Waals surface area contributed by atoms with Crippen molar-refractivity contribution in [3.63, 3.8) is 0 Å². The first-order valence-electron chi connectivity index (χ1n) is 7.34. The molecule has 1 fully saturated rings. The van der Waals surface area contributed by atoms with Crippen molar-refractivity contribution in [1.29, 1.82) is 5.41 Å². The Balaban J connectivity index is 1.93. The second kappa shape index (κ2) is 5.91. The molecule has 20 heavy (non-hydrogen) atoms. The van der Waals surface area contributed by atoms with E-state index < -0.39 is 0 Å². The Bertz CT molecular complexity index is 456. The molecule has 0 unspecified atom stereocenters. The van der Waals surface area contributed by atoms with Gasteiger partial charge in [-0.2, -0.15) is 5.10 Å². The summed E-state index contributed by atoms with van der Waals surface area (Å²) in [6.45, 7) is 10.1. The SMILES string of the molecule is CC(C)Cn1ncnc1CN1CCC(C)(C(=N)N)CC1. The van der Waals surface area contributed by atoms with Crippen LogP contribution in [0, 0.1) is 16.7 Å². The van der Waals surface area contributed by atoms with Gasteiger partial charge in [0.05, 0.1) is 12.4 Å². The smallest absolute Gasteiger partial charge is 0.141 e. The predicted octanol–water partition coefficient (Wildman–Crippen LogP) is 1.47. The van der Waals surface area contributed by atoms with Crippen molar-refractivity contribution < 1.29 is 0 Å². The molecule has 2 rings (SSSR count). The topological polar surface area (TPSA) is 83.8 Å². The quantitative estimate of drug-likeness (QED) is 0.631. The normalized spacial score (nSPS) is 19.4. The summed E-state index contributed by atoms with van der Waals surface area (Å²) in [5.74, 6) is 1.92. The van der Waals surface area contributed by atoms with E-state index in [4.69, 9.17) is 11.1 Å². The van der Waals surface area contributed by atoms with Crippen LogP contribution in [0.3, 0.4) is 0 Å². The predicted molar refractivity (Wildman–Crippen MR) is 79.4 cm³/mol. The molecule has 0 saturated carbocycles. The van der Waals surface area contributed by atoms with E-state index in [9.17, 15) is 0 Å². The lowest BCUT2D eigenvalue weighted by Gasteiger charge is -2.38. The van der Waals surface area contributed by atoms with E-state index in [0.29, 0.717) is 11.8 Å². The Kier molecular flexibility index (Phi) is 4.42. The number of nitrogens with zero attached hydrogens (tertiary/aromatic N) is 4. The number of amidine groups is 1. The molecule has 1 saturated heterocycles. The lowest BCUT2D eigenvalue weighted by atomic mass is 9.79. The van der Waals surface area contributed by atoms with E-state index in [1.165, 1.54) is 0 Å². The van der Waals surface area contributed by atoms with Crippen molar-refractivity contribution in [2.45, 2.75) is 46.7 Å². The molecule has 1 aliphatic rings. The Labute approximate surface area is 120 Å². The Morgan fingerprint density at radius 3 is 2.65 bits per heavy atom. The summed E-state index contributed by atoms with van der Waals surface area (Å²) in [4.78, 5) is 6.76. The summed E-state index contributed by atoms with van der Waals surface area (Å²) in [5.41, 5.74) is 5.58. The molecule has 1 aliphatic heterocycles. The molecule has 112 valence electrons. The monoisotopic (exact) mass is 278 g/mol. The molecule has 0 amide bonds. The number of likely N-dealkylation sites (tertiary alicyclic amines) is 1. The number of nitrogens with two attached hydrogens (primary N) is 1. The van der Waals surface area contributed by atoms with Gasteiger partial charge >= 0.3 is 0 Å². The van der Waals surface area contributed by atoms with Crippen LogP contribution in [-0.2, 0) is 13.1 Å². The fourth-order valence-electron chi connectivity index (χ4n) is 2.58. The van der Waals surface area contributed by atoms with E-state index in [1.807, 2.05) is 4.68 Å². The molecule has 0 radical (unpaired) electrons. The first kappa shape index (κ1) is 15.0. The van der Waals surface area contributed by atoms with Crippen LogP contribution in [0.2, 0.25) is 0 Å². The molecule has 1 aromatic rings. The average molecular weight is 278 g/mol. The molecule has 2 heterocycles. The van der Waals surface area contributed by atoms with Crippen LogP contribution in [-0.4, -0.2) is 38.6 Å². The lowest BCUT2D eigenvalue weighted by Crippen LogP contribution is -2.45. The standard InChI is InChI=1S/C14H26N6/c1-11(2)8-20-12(17-10-18-20)9-19-6-4-14(3,5-7-19)13(15)16/h10-11H,4-9H2,1-3H3,(H3,15,16). The Morgan fingerprint density at radius 2 is 2.10 bits per heavy atom. The van der Waals surface area contributed by atoms with Crippen LogP contribution < -0.4 is 5.73 Å². The van der Waals surface area contributed by atoms with Gasteiger partial charge in [0.15, 0.2) is 0 Å². The fraction of sp³-hybridized carbons (Fsp3) is 0.786. The van der Waals surface area contributed by atoms with Gasteiger partial charge < -0.3 is 5.73 Å². The maximum Gasteiger partial charge on any atom is 0.141 e. The van der Waals surface area contributed by atoms with E-state index in [0.717, 1.165) is 44.8 Å². The second-order valence-corrected chi connectivity index (χ2v) is 6.50. The number of piperidine rings is 1. The first-order chi connectivity index (χ1) is 9.40. The number of aromatic nitrogens is 3. The minimum atomic E-state index is -0.123. The Morgan fingerprint density at radius 1 is 1.45 bits per heavy atom. The van der Waals surface area contributed by atoms with Crippen molar-refractivity contribution >= 4 is 5.84 Å². The second-order valence-electron chi connectivity index (χ2n) is 6.50. The van der Waals surface area contributed by atoms with Crippen LogP contribution in [0.15, 0.2) is 6.33 Å². The summed E-state index contributed by atoms with van der Waals surface area (Å²) in [7, 11) is 0. The fourth-order valence-corrected chi connectivity index (χ4v) is 2.58. The van der Waals surface area contributed by atoms with E-state index in [2.05, 4.69) is 35.8 Å². The highest BCUT2D eigenvalue weighted by Crippen LogP contribution is 2.30. The lowest BCUT2D eigenvalue weighted by molar-refractivity contribution is 0.150. The highest BCUT2D eigenvalue weighted by Gasteiger charge is 2.33. The number of hydrogen-bond donors (Lipinski definition) is 2. The van der Waals surface area contributed by atoms with Crippen LogP contribution in [0.4, 0.5) is 0 Å². The number of hydrogen-bond acceptors (Lipinski definition) is 4. The molecule has 6 nitrogen and oxygen atoms in total. The maximum absolute atomic E-state index is 7.69. The van der Waals surface area contributed by atoms with Crippen molar-refractivity contribution in [2.75, 3.05) is 13.1 Å². The zero-order valence-corrected chi connectivity index (χ0v) is 12.8. The van der Waals surface area contributed by atoms with E-state index in [-0.39, 0.29) is 5.41 Å². The molecular formula is C14H26N6. The zero-order valence-electron chi connectivity index (χ0n) is 12.8. The molecule has 3 N–H and O–H groups in total. The van der Waals surface area contributed by atoms with Gasteiger partial charge in [0, 0.05) is 12.0 Å². The first-order valence-corrected chi connectivity index (χ1v) is 7.34. The van der Waals surface area contributed by atoms with Crippen LogP contribution in [0.5, 0.6) is 0 Å². The molecule has 0 bridgehead atoms. The number of nitrogens with one attached hydrogen (secondary N) is 1. The highest BCUT2D eigenvalue weighted by molar-refractivity contribution is 5.83. The van der Waals surface area contributed by atoms with Gasteiger partial charge in [-0.15, -0.1) is 0 Å². The summed E-state index contributed by atoms with van der Waals surface area (Å²) in [6, 6.07) is 0. The summed E-state index contributed by atoms with van der Waals surface area (Å²) < 4.78 is 2.00.